The van der Waals surface area contributed by atoms with Crippen LogP contribution in [0, 0.1) is 18.2 Å². The zero-order chi connectivity index (χ0) is 14.3. The Labute approximate surface area is 115 Å². The number of benzene rings is 1. The van der Waals surface area contributed by atoms with Gasteiger partial charge in [0, 0.05) is 12.2 Å². The highest BCUT2D eigenvalue weighted by atomic mass is 19.1. The second kappa shape index (κ2) is 4.56. The number of nitrogen functional groups attached to an aromatic ring is 1. The molecule has 20 heavy (non-hydrogen) atoms. The van der Waals surface area contributed by atoms with Crippen molar-refractivity contribution in [2.75, 3.05) is 11.4 Å². The van der Waals surface area contributed by atoms with Crippen molar-refractivity contribution in [2.24, 2.45) is 5.73 Å². The van der Waals surface area contributed by atoms with Crippen LogP contribution in [0.3, 0.4) is 0 Å². The lowest BCUT2D eigenvalue weighted by molar-refractivity contribution is 0.628. The van der Waals surface area contributed by atoms with Crippen LogP contribution < -0.4 is 10.6 Å². The molecule has 5 nitrogen and oxygen atoms in total. The van der Waals surface area contributed by atoms with E-state index in [0.717, 1.165) is 23.4 Å². The molecule has 0 bridgehead atoms. The van der Waals surface area contributed by atoms with Crippen LogP contribution in [-0.2, 0) is 6.42 Å². The molecule has 1 aliphatic rings. The van der Waals surface area contributed by atoms with Crippen LogP contribution in [0.2, 0.25) is 0 Å². The number of hydrogen-bond acceptors (Lipinski definition) is 4. The summed E-state index contributed by atoms with van der Waals surface area (Å²) >= 11 is 0. The van der Waals surface area contributed by atoms with Crippen molar-refractivity contribution in [3.63, 3.8) is 0 Å². The lowest BCUT2D eigenvalue weighted by atomic mass is 10.2. The summed E-state index contributed by atoms with van der Waals surface area (Å²) < 4.78 is 13.4. The molecule has 0 saturated heterocycles. The molecular weight excluding hydrogens is 257 g/mol. The first kappa shape index (κ1) is 12.5. The van der Waals surface area contributed by atoms with Gasteiger partial charge in [0.05, 0.1) is 5.69 Å². The van der Waals surface area contributed by atoms with Gasteiger partial charge in [0.1, 0.15) is 17.3 Å². The molecular formula is C14H14FN5. The first-order valence-electron chi connectivity index (χ1n) is 6.30. The molecule has 1 aromatic carbocycles. The standard InChI is InChI=1S/C14H14FN5/c1-8-6-11(13(16)17)19-14(18-8)20-5-4-9-2-3-10(15)7-12(9)20/h2-3,6-7H,4-5H2,1H3,(H3,16,17). The third kappa shape index (κ3) is 2.09. The number of halogens is 1. The van der Waals surface area contributed by atoms with Crippen molar-refractivity contribution < 1.29 is 4.39 Å². The molecule has 1 aliphatic heterocycles. The number of amidine groups is 1. The van der Waals surface area contributed by atoms with Crippen LogP contribution in [0.4, 0.5) is 16.0 Å². The van der Waals surface area contributed by atoms with Gasteiger partial charge in [0.2, 0.25) is 5.95 Å². The number of hydrogen-bond donors (Lipinski definition) is 2. The maximum atomic E-state index is 13.4. The summed E-state index contributed by atoms with van der Waals surface area (Å²) in [7, 11) is 0. The minimum Gasteiger partial charge on any atom is -0.382 e. The molecule has 3 N–H and O–H groups in total. The molecule has 6 heteroatoms. The summed E-state index contributed by atoms with van der Waals surface area (Å²) in [5.74, 6) is 0.0741. The Balaban J connectivity index is 2.08. The van der Waals surface area contributed by atoms with E-state index in [1.165, 1.54) is 12.1 Å². The Kier molecular flexibility index (Phi) is 2.85. The molecule has 0 saturated carbocycles. The minimum absolute atomic E-state index is 0.101. The topological polar surface area (TPSA) is 78.9 Å². The van der Waals surface area contributed by atoms with Crippen LogP contribution in [0.15, 0.2) is 24.3 Å². The first-order valence-corrected chi connectivity index (χ1v) is 6.30. The fraction of sp³-hybridized carbons (Fsp3) is 0.214. The fourth-order valence-corrected chi connectivity index (χ4v) is 2.37. The first-order chi connectivity index (χ1) is 9.54. The minimum atomic E-state index is -0.282. The Morgan fingerprint density at radius 3 is 2.90 bits per heavy atom. The number of nitrogens with zero attached hydrogens (tertiary/aromatic N) is 3. The number of aryl methyl sites for hydroxylation is 1. The maximum absolute atomic E-state index is 13.4. The lowest BCUT2D eigenvalue weighted by Crippen LogP contribution is -2.21. The highest BCUT2D eigenvalue weighted by Crippen LogP contribution is 2.33. The average Bonchev–Trinajstić information content (AvgIpc) is 2.80. The van der Waals surface area contributed by atoms with Gasteiger partial charge in [-0.1, -0.05) is 6.07 Å². The van der Waals surface area contributed by atoms with E-state index < -0.39 is 0 Å². The van der Waals surface area contributed by atoms with Crippen LogP contribution in [0.25, 0.3) is 0 Å². The Bertz CT molecular complexity index is 698. The molecule has 0 fully saturated rings. The molecule has 102 valence electrons. The van der Waals surface area contributed by atoms with E-state index >= 15 is 0 Å². The molecule has 0 unspecified atom stereocenters. The van der Waals surface area contributed by atoms with Gasteiger partial charge in [-0.05, 0) is 37.1 Å². The third-order valence-electron chi connectivity index (χ3n) is 3.30. The highest BCUT2D eigenvalue weighted by molar-refractivity contribution is 5.93. The van der Waals surface area contributed by atoms with Gasteiger partial charge in [0.25, 0.3) is 0 Å². The van der Waals surface area contributed by atoms with Crippen LogP contribution in [0.5, 0.6) is 0 Å². The number of nitrogens with one attached hydrogen (secondary N) is 1. The van der Waals surface area contributed by atoms with Crippen molar-refractivity contribution in [3.05, 3.63) is 47.0 Å². The van der Waals surface area contributed by atoms with Gasteiger partial charge in [-0.2, -0.15) is 0 Å². The maximum Gasteiger partial charge on any atom is 0.230 e. The zero-order valence-electron chi connectivity index (χ0n) is 11.0. The fourth-order valence-electron chi connectivity index (χ4n) is 2.37. The van der Waals surface area contributed by atoms with E-state index in [2.05, 4.69) is 9.97 Å². The molecule has 0 aliphatic carbocycles. The third-order valence-corrected chi connectivity index (χ3v) is 3.30. The predicted octanol–water partition coefficient (Wildman–Crippen LogP) is 1.90. The van der Waals surface area contributed by atoms with E-state index in [-0.39, 0.29) is 11.7 Å². The second-order valence-corrected chi connectivity index (χ2v) is 4.78. The number of rotatable bonds is 2. The number of fused-ring (bicyclic) bond motifs is 1. The largest absolute Gasteiger partial charge is 0.382 e. The van der Waals surface area contributed by atoms with Gasteiger partial charge in [0.15, 0.2) is 0 Å². The summed E-state index contributed by atoms with van der Waals surface area (Å²) in [5.41, 5.74) is 8.45. The quantitative estimate of drug-likeness (QED) is 0.646. The van der Waals surface area contributed by atoms with Crippen LogP contribution in [-0.4, -0.2) is 22.3 Å². The molecule has 0 spiro atoms. The molecule has 1 aromatic heterocycles. The monoisotopic (exact) mass is 271 g/mol. The summed E-state index contributed by atoms with van der Waals surface area (Å²) in [4.78, 5) is 10.5. The van der Waals surface area contributed by atoms with Crippen molar-refractivity contribution in [2.45, 2.75) is 13.3 Å². The summed E-state index contributed by atoms with van der Waals surface area (Å²) in [6, 6.07) is 6.39. The zero-order valence-corrected chi connectivity index (χ0v) is 11.0. The smallest absolute Gasteiger partial charge is 0.230 e. The molecule has 2 aromatic rings. The van der Waals surface area contributed by atoms with Crippen molar-refractivity contribution in [1.82, 2.24) is 9.97 Å². The number of anilines is 2. The van der Waals surface area contributed by atoms with Gasteiger partial charge in [-0.3, -0.25) is 5.41 Å². The van der Waals surface area contributed by atoms with Gasteiger partial charge in [-0.25, -0.2) is 14.4 Å². The number of nitrogens with two attached hydrogens (primary N) is 1. The predicted molar refractivity (Wildman–Crippen MR) is 74.9 cm³/mol. The molecule has 0 atom stereocenters. The SMILES string of the molecule is Cc1cc(C(=N)N)nc(N2CCc3ccc(F)cc32)n1. The normalized spacial score (nSPS) is 13.4. The molecule has 2 heterocycles. The van der Waals surface area contributed by atoms with E-state index in [1.807, 2.05) is 11.8 Å². The van der Waals surface area contributed by atoms with Gasteiger partial charge in [-0.15, -0.1) is 0 Å². The van der Waals surface area contributed by atoms with Crippen molar-refractivity contribution in [3.8, 4) is 0 Å². The van der Waals surface area contributed by atoms with E-state index in [9.17, 15) is 4.39 Å². The highest BCUT2D eigenvalue weighted by Gasteiger charge is 2.23. The summed E-state index contributed by atoms with van der Waals surface area (Å²) in [6.07, 6.45) is 0.822. The molecule has 3 rings (SSSR count). The van der Waals surface area contributed by atoms with Gasteiger partial charge < -0.3 is 10.6 Å². The average molecular weight is 271 g/mol. The van der Waals surface area contributed by atoms with E-state index in [1.54, 1.807) is 12.1 Å². The van der Waals surface area contributed by atoms with E-state index in [4.69, 9.17) is 11.1 Å². The van der Waals surface area contributed by atoms with E-state index in [0.29, 0.717) is 18.2 Å². The Hall–Kier alpha value is -2.50. The lowest BCUT2D eigenvalue weighted by Gasteiger charge is -2.18. The van der Waals surface area contributed by atoms with Crippen LogP contribution in [0.1, 0.15) is 17.0 Å². The van der Waals surface area contributed by atoms with Crippen molar-refractivity contribution >= 4 is 17.5 Å². The summed E-state index contributed by atoms with van der Waals surface area (Å²) in [6.45, 7) is 2.51. The Morgan fingerprint density at radius 1 is 1.35 bits per heavy atom. The molecule has 0 radical (unpaired) electrons. The molecule has 0 amide bonds. The summed E-state index contributed by atoms with van der Waals surface area (Å²) in [5, 5.41) is 7.49. The van der Waals surface area contributed by atoms with Gasteiger partial charge >= 0.3 is 0 Å². The van der Waals surface area contributed by atoms with Crippen molar-refractivity contribution in [1.29, 1.82) is 5.41 Å². The second-order valence-electron chi connectivity index (χ2n) is 4.78. The van der Waals surface area contributed by atoms with Crippen LogP contribution >= 0.6 is 0 Å². The Morgan fingerprint density at radius 2 is 2.15 bits per heavy atom. The number of aromatic nitrogens is 2.